The Balaban J connectivity index is 2.02. The molecule has 0 fully saturated rings. The predicted molar refractivity (Wildman–Crippen MR) is 98.3 cm³/mol. The second-order valence-corrected chi connectivity index (χ2v) is 8.63. The van der Waals surface area contributed by atoms with Gasteiger partial charge in [0.05, 0.1) is 28.6 Å². The lowest BCUT2D eigenvalue weighted by Crippen LogP contribution is -2.10. The van der Waals surface area contributed by atoms with E-state index in [4.69, 9.17) is 20.6 Å². The standard InChI is InChI=1S/C16H19ClNO4PS/c1-3-21-23(20,22-4-2)11-12-5-7-13(8-6-12)18-16(19)14-9-10-15(17)24-14/h5-10H,3-4,11H2,1-2H3,(H,18,19). The van der Waals surface area contributed by atoms with E-state index >= 15 is 0 Å². The number of amides is 1. The number of thiophene rings is 1. The molecular weight excluding hydrogens is 369 g/mol. The van der Waals surface area contributed by atoms with E-state index in [2.05, 4.69) is 5.32 Å². The quantitative estimate of drug-likeness (QED) is 0.614. The number of hydrogen-bond acceptors (Lipinski definition) is 5. The number of anilines is 1. The second-order valence-electron chi connectivity index (χ2n) is 4.86. The average Bonchev–Trinajstić information content (AvgIpc) is 2.96. The first kappa shape index (κ1) is 19.2. The smallest absolute Gasteiger partial charge is 0.321 e. The zero-order chi connectivity index (χ0) is 17.6. The van der Waals surface area contributed by atoms with Gasteiger partial charge in [-0.1, -0.05) is 23.7 Å². The van der Waals surface area contributed by atoms with Gasteiger partial charge in [0.1, 0.15) is 0 Å². The van der Waals surface area contributed by atoms with Gasteiger partial charge in [-0.25, -0.2) is 0 Å². The molecule has 2 aromatic rings. The Bertz CT molecular complexity index is 722. The van der Waals surface area contributed by atoms with Crippen LogP contribution in [-0.4, -0.2) is 19.1 Å². The van der Waals surface area contributed by atoms with Crippen LogP contribution in [-0.2, 0) is 19.8 Å². The molecule has 1 amide bonds. The van der Waals surface area contributed by atoms with Gasteiger partial charge in [-0.15, -0.1) is 11.3 Å². The Hall–Kier alpha value is -1.17. The van der Waals surface area contributed by atoms with E-state index < -0.39 is 7.60 Å². The first-order valence-corrected chi connectivity index (χ1v) is 10.4. The van der Waals surface area contributed by atoms with E-state index in [0.29, 0.717) is 28.1 Å². The van der Waals surface area contributed by atoms with Gasteiger partial charge in [-0.3, -0.25) is 9.36 Å². The zero-order valence-electron chi connectivity index (χ0n) is 13.5. The number of nitrogens with one attached hydrogen (secondary N) is 1. The van der Waals surface area contributed by atoms with E-state index in [9.17, 15) is 9.36 Å². The number of benzene rings is 1. The topological polar surface area (TPSA) is 64.6 Å². The summed E-state index contributed by atoms with van der Waals surface area (Å²) in [6.45, 7) is 4.21. The molecule has 0 atom stereocenters. The summed E-state index contributed by atoms with van der Waals surface area (Å²) in [5.41, 5.74) is 1.47. The highest BCUT2D eigenvalue weighted by Crippen LogP contribution is 2.51. The van der Waals surface area contributed by atoms with E-state index in [1.54, 1.807) is 50.2 Å². The molecule has 1 N–H and O–H groups in total. The fourth-order valence-corrected chi connectivity index (χ4v) is 4.71. The molecule has 0 spiro atoms. The van der Waals surface area contributed by atoms with Crippen molar-refractivity contribution in [2.45, 2.75) is 20.0 Å². The van der Waals surface area contributed by atoms with Gasteiger partial charge in [0.15, 0.2) is 0 Å². The van der Waals surface area contributed by atoms with Crippen LogP contribution in [0.5, 0.6) is 0 Å². The van der Waals surface area contributed by atoms with Crippen molar-refractivity contribution in [1.29, 1.82) is 0 Å². The summed E-state index contributed by atoms with van der Waals surface area (Å²) in [4.78, 5) is 12.6. The van der Waals surface area contributed by atoms with Crippen molar-refractivity contribution in [3.8, 4) is 0 Å². The summed E-state index contributed by atoms with van der Waals surface area (Å²) >= 11 is 7.05. The Morgan fingerprint density at radius 2 is 1.75 bits per heavy atom. The number of rotatable bonds is 8. The molecule has 0 unspecified atom stereocenters. The molecule has 5 nitrogen and oxygen atoms in total. The molecule has 2 rings (SSSR count). The highest BCUT2D eigenvalue weighted by atomic mass is 35.5. The largest absolute Gasteiger partial charge is 0.335 e. The molecule has 130 valence electrons. The van der Waals surface area contributed by atoms with Crippen LogP contribution < -0.4 is 5.32 Å². The minimum atomic E-state index is -3.13. The molecule has 1 aromatic heterocycles. The summed E-state index contributed by atoms with van der Waals surface area (Å²) in [6, 6.07) is 10.5. The highest BCUT2D eigenvalue weighted by molar-refractivity contribution is 7.53. The molecule has 0 aliphatic heterocycles. The van der Waals surface area contributed by atoms with Crippen molar-refractivity contribution in [2.75, 3.05) is 18.5 Å². The third kappa shape index (κ3) is 5.43. The van der Waals surface area contributed by atoms with E-state index in [-0.39, 0.29) is 12.1 Å². The van der Waals surface area contributed by atoms with Crippen molar-refractivity contribution in [3.05, 3.63) is 51.2 Å². The Labute approximate surface area is 150 Å². The van der Waals surface area contributed by atoms with Gasteiger partial charge in [-0.2, -0.15) is 0 Å². The molecule has 0 radical (unpaired) electrons. The van der Waals surface area contributed by atoms with E-state index in [0.717, 1.165) is 5.56 Å². The maximum Gasteiger partial charge on any atom is 0.335 e. The number of carbonyl (C=O) groups excluding carboxylic acids is 1. The van der Waals surface area contributed by atoms with Crippen molar-refractivity contribution in [2.24, 2.45) is 0 Å². The van der Waals surface area contributed by atoms with Crippen molar-refractivity contribution >= 4 is 42.1 Å². The normalized spacial score (nSPS) is 11.5. The average molecular weight is 388 g/mol. The first-order chi connectivity index (χ1) is 11.5. The molecule has 8 heteroatoms. The van der Waals surface area contributed by atoms with E-state index in [1.165, 1.54) is 11.3 Å². The number of hydrogen-bond donors (Lipinski definition) is 1. The van der Waals surface area contributed by atoms with Crippen LogP contribution in [0.3, 0.4) is 0 Å². The van der Waals surface area contributed by atoms with Crippen LogP contribution in [0, 0.1) is 0 Å². The van der Waals surface area contributed by atoms with Gasteiger partial charge >= 0.3 is 7.60 Å². The summed E-state index contributed by atoms with van der Waals surface area (Å²) in [5.74, 6) is -0.214. The highest BCUT2D eigenvalue weighted by Gasteiger charge is 2.23. The summed E-state index contributed by atoms with van der Waals surface area (Å²) < 4.78 is 23.6. The lowest BCUT2D eigenvalue weighted by atomic mass is 10.2. The first-order valence-electron chi connectivity index (χ1n) is 7.49. The number of carbonyl (C=O) groups is 1. The maximum atomic E-state index is 12.5. The molecule has 1 heterocycles. The summed E-state index contributed by atoms with van der Waals surface area (Å²) in [7, 11) is -3.13. The second kappa shape index (κ2) is 8.79. The van der Waals surface area contributed by atoms with E-state index in [1.807, 2.05) is 0 Å². The Kier molecular flexibility index (Phi) is 7.02. The molecule has 0 saturated heterocycles. The third-order valence-corrected chi connectivity index (χ3v) is 6.32. The van der Waals surface area contributed by atoms with Crippen LogP contribution in [0.15, 0.2) is 36.4 Å². The van der Waals surface area contributed by atoms with Crippen LogP contribution in [0.25, 0.3) is 0 Å². The lowest BCUT2D eigenvalue weighted by Gasteiger charge is -2.17. The van der Waals surface area contributed by atoms with Gasteiger partial charge < -0.3 is 14.4 Å². The van der Waals surface area contributed by atoms with Gasteiger partial charge in [0.25, 0.3) is 5.91 Å². The molecular formula is C16H19ClNO4PS. The molecule has 24 heavy (non-hydrogen) atoms. The minimum Gasteiger partial charge on any atom is -0.321 e. The van der Waals surface area contributed by atoms with Crippen molar-refractivity contribution in [3.63, 3.8) is 0 Å². The number of halogens is 1. The SMILES string of the molecule is CCOP(=O)(Cc1ccc(NC(=O)c2ccc(Cl)s2)cc1)OCC. The van der Waals surface area contributed by atoms with Gasteiger partial charge in [0, 0.05) is 5.69 Å². The summed E-state index contributed by atoms with van der Waals surface area (Å²) in [5, 5.41) is 2.79. The Morgan fingerprint density at radius 1 is 1.12 bits per heavy atom. The molecule has 0 bridgehead atoms. The lowest BCUT2D eigenvalue weighted by molar-refractivity contribution is 0.103. The molecule has 0 aliphatic rings. The van der Waals surface area contributed by atoms with Gasteiger partial charge in [-0.05, 0) is 43.7 Å². The third-order valence-electron chi connectivity index (χ3n) is 3.04. The fraction of sp³-hybridized carbons (Fsp3) is 0.312. The Morgan fingerprint density at radius 3 is 2.25 bits per heavy atom. The molecule has 1 aromatic carbocycles. The monoisotopic (exact) mass is 387 g/mol. The van der Waals surface area contributed by atoms with Crippen LogP contribution in [0.1, 0.15) is 29.1 Å². The fourth-order valence-electron chi connectivity index (χ4n) is 2.07. The summed E-state index contributed by atoms with van der Waals surface area (Å²) in [6.07, 6.45) is 0.198. The van der Waals surface area contributed by atoms with Crippen LogP contribution in [0.4, 0.5) is 5.69 Å². The zero-order valence-corrected chi connectivity index (χ0v) is 15.9. The van der Waals surface area contributed by atoms with Crippen molar-refractivity contribution in [1.82, 2.24) is 0 Å². The van der Waals surface area contributed by atoms with Gasteiger partial charge in [0.2, 0.25) is 0 Å². The van der Waals surface area contributed by atoms with Crippen LogP contribution >= 0.6 is 30.5 Å². The van der Waals surface area contributed by atoms with Crippen molar-refractivity contribution < 1.29 is 18.4 Å². The predicted octanol–water partition coefficient (Wildman–Crippen LogP) is 5.42. The molecule has 0 saturated carbocycles. The maximum absolute atomic E-state index is 12.5. The minimum absolute atomic E-state index is 0.198. The molecule has 0 aliphatic carbocycles. The van der Waals surface area contributed by atoms with Crippen LogP contribution in [0.2, 0.25) is 4.34 Å².